The lowest BCUT2D eigenvalue weighted by atomic mass is 10.1. The van der Waals surface area contributed by atoms with Gasteiger partial charge in [-0.1, -0.05) is 24.3 Å². The van der Waals surface area contributed by atoms with Crippen molar-refractivity contribution in [3.8, 4) is 0 Å². The van der Waals surface area contributed by atoms with Crippen molar-refractivity contribution in [2.45, 2.75) is 33.1 Å². The molecule has 0 amide bonds. The molecule has 1 aliphatic rings. The first-order valence-electron chi connectivity index (χ1n) is 9.59. The molecule has 5 nitrogen and oxygen atoms in total. The van der Waals surface area contributed by atoms with E-state index in [0.29, 0.717) is 6.61 Å². The molecular formula is C21H30N4OS. The highest BCUT2D eigenvalue weighted by atomic mass is 32.1. The van der Waals surface area contributed by atoms with E-state index in [2.05, 4.69) is 75.7 Å². The molecule has 0 bridgehead atoms. The van der Waals surface area contributed by atoms with Crippen LogP contribution in [0.5, 0.6) is 0 Å². The van der Waals surface area contributed by atoms with Gasteiger partial charge in [-0.15, -0.1) is 11.3 Å². The van der Waals surface area contributed by atoms with Crippen molar-refractivity contribution in [2.75, 3.05) is 38.1 Å². The maximum atomic E-state index is 5.71. The van der Waals surface area contributed by atoms with Crippen LogP contribution in [0.1, 0.15) is 25.0 Å². The Bertz CT molecular complexity index is 722. The lowest BCUT2D eigenvalue weighted by molar-refractivity contribution is 0.0657. The largest absolute Gasteiger partial charge is 0.374 e. The van der Waals surface area contributed by atoms with Crippen molar-refractivity contribution in [3.05, 3.63) is 52.9 Å². The van der Waals surface area contributed by atoms with Gasteiger partial charge in [0.15, 0.2) is 5.96 Å². The third kappa shape index (κ3) is 5.71. The van der Waals surface area contributed by atoms with Crippen LogP contribution in [0.15, 0.2) is 46.8 Å². The molecule has 2 aromatic rings. The van der Waals surface area contributed by atoms with Crippen LogP contribution in [0.3, 0.4) is 0 Å². The van der Waals surface area contributed by atoms with Gasteiger partial charge in [0.25, 0.3) is 0 Å². The molecule has 1 aromatic heterocycles. The predicted molar refractivity (Wildman–Crippen MR) is 115 cm³/mol. The van der Waals surface area contributed by atoms with Crippen LogP contribution in [0.4, 0.5) is 5.00 Å². The monoisotopic (exact) mass is 386 g/mol. The van der Waals surface area contributed by atoms with Crippen molar-refractivity contribution in [1.82, 2.24) is 10.2 Å². The number of rotatable bonds is 6. The Morgan fingerprint density at radius 1 is 1.15 bits per heavy atom. The number of hydrogen-bond donors (Lipinski definition) is 1. The van der Waals surface area contributed by atoms with E-state index in [1.54, 1.807) is 0 Å². The minimum Gasteiger partial charge on any atom is -0.374 e. The number of piperazine rings is 1. The topological polar surface area (TPSA) is 40.1 Å². The standard InChI is InChI=1S/C21H30N4OS/c1-17(2)26-16-19-7-4-6-18(14-19)15-23-21(22-3)25-11-9-24(10-12-25)20-8-5-13-27-20/h4-8,13-14,17H,9-12,15-16H2,1-3H3,(H,22,23). The second kappa shape index (κ2) is 9.76. The highest BCUT2D eigenvalue weighted by Gasteiger charge is 2.20. The van der Waals surface area contributed by atoms with E-state index in [0.717, 1.165) is 38.7 Å². The molecule has 27 heavy (non-hydrogen) atoms. The summed E-state index contributed by atoms with van der Waals surface area (Å²) in [5.41, 5.74) is 2.46. The van der Waals surface area contributed by atoms with Crippen LogP contribution in [-0.4, -0.2) is 50.2 Å². The maximum absolute atomic E-state index is 5.71. The van der Waals surface area contributed by atoms with Crippen LogP contribution in [-0.2, 0) is 17.9 Å². The maximum Gasteiger partial charge on any atom is 0.194 e. The molecule has 2 heterocycles. The molecule has 3 rings (SSSR count). The van der Waals surface area contributed by atoms with Gasteiger partial charge in [0.1, 0.15) is 0 Å². The van der Waals surface area contributed by atoms with Gasteiger partial charge in [-0.2, -0.15) is 0 Å². The first kappa shape index (κ1) is 19.7. The van der Waals surface area contributed by atoms with Gasteiger partial charge in [0, 0.05) is 39.8 Å². The van der Waals surface area contributed by atoms with Crippen molar-refractivity contribution in [2.24, 2.45) is 4.99 Å². The number of nitrogens with zero attached hydrogens (tertiary/aromatic N) is 3. The zero-order chi connectivity index (χ0) is 19.1. The molecule has 6 heteroatoms. The Morgan fingerprint density at radius 3 is 2.59 bits per heavy atom. The molecule has 0 spiro atoms. The fourth-order valence-corrected chi connectivity index (χ4v) is 3.98. The van der Waals surface area contributed by atoms with Gasteiger partial charge in [0.2, 0.25) is 0 Å². The molecule has 0 radical (unpaired) electrons. The molecule has 0 atom stereocenters. The zero-order valence-electron chi connectivity index (χ0n) is 16.5. The van der Waals surface area contributed by atoms with E-state index < -0.39 is 0 Å². The van der Waals surface area contributed by atoms with Gasteiger partial charge in [-0.3, -0.25) is 4.99 Å². The molecule has 1 saturated heterocycles. The number of benzene rings is 1. The highest BCUT2D eigenvalue weighted by Crippen LogP contribution is 2.22. The first-order valence-corrected chi connectivity index (χ1v) is 10.5. The summed E-state index contributed by atoms with van der Waals surface area (Å²) in [4.78, 5) is 9.28. The lowest BCUT2D eigenvalue weighted by Crippen LogP contribution is -2.52. The Labute approximate surface area is 166 Å². The molecule has 0 aliphatic carbocycles. The molecule has 1 aliphatic heterocycles. The van der Waals surface area contributed by atoms with E-state index >= 15 is 0 Å². The number of anilines is 1. The number of guanidine groups is 1. The minimum atomic E-state index is 0.249. The Hall–Kier alpha value is -2.05. The Kier molecular flexibility index (Phi) is 7.12. The van der Waals surface area contributed by atoms with Crippen molar-refractivity contribution >= 4 is 22.3 Å². The first-order chi connectivity index (χ1) is 13.2. The molecule has 0 unspecified atom stereocenters. The quantitative estimate of drug-likeness (QED) is 0.609. The number of thiophene rings is 1. The summed E-state index contributed by atoms with van der Waals surface area (Å²) in [6.07, 6.45) is 0.249. The van der Waals surface area contributed by atoms with E-state index in [1.807, 2.05) is 18.4 Å². The molecule has 1 aromatic carbocycles. The van der Waals surface area contributed by atoms with Crippen LogP contribution in [0.25, 0.3) is 0 Å². The molecule has 0 saturated carbocycles. The molecule has 146 valence electrons. The molecule has 1 fully saturated rings. The summed E-state index contributed by atoms with van der Waals surface area (Å²) < 4.78 is 5.71. The average molecular weight is 387 g/mol. The van der Waals surface area contributed by atoms with Crippen LogP contribution < -0.4 is 10.2 Å². The second-order valence-electron chi connectivity index (χ2n) is 7.01. The molecular weight excluding hydrogens is 356 g/mol. The second-order valence-corrected chi connectivity index (χ2v) is 7.93. The van der Waals surface area contributed by atoms with Gasteiger partial charge >= 0.3 is 0 Å². The van der Waals surface area contributed by atoms with Gasteiger partial charge < -0.3 is 19.9 Å². The van der Waals surface area contributed by atoms with Crippen LogP contribution in [0, 0.1) is 0 Å². The van der Waals surface area contributed by atoms with E-state index in [4.69, 9.17) is 4.74 Å². The van der Waals surface area contributed by atoms with Crippen molar-refractivity contribution in [1.29, 1.82) is 0 Å². The Balaban J connectivity index is 1.50. The van der Waals surface area contributed by atoms with Crippen molar-refractivity contribution < 1.29 is 4.74 Å². The molecule has 1 N–H and O–H groups in total. The average Bonchev–Trinajstić information content (AvgIpc) is 3.22. The highest BCUT2D eigenvalue weighted by molar-refractivity contribution is 7.14. The van der Waals surface area contributed by atoms with E-state index in [1.165, 1.54) is 16.1 Å². The summed E-state index contributed by atoms with van der Waals surface area (Å²) in [6, 6.07) is 12.9. The smallest absolute Gasteiger partial charge is 0.194 e. The fraction of sp³-hybridized carbons (Fsp3) is 0.476. The van der Waals surface area contributed by atoms with Crippen LogP contribution in [0.2, 0.25) is 0 Å². The summed E-state index contributed by atoms with van der Waals surface area (Å²) >= 11 is 1.81. The summed E-state index contributed by atoms with van der Waals surface area (Å²) in [5.74, 6) is 0.977. The van der Waals surface area contributed by atoms with Gasteiger partial charge in [-0.25, -0.2) is 0 Å². The third-order valence-corrected chi connectivity index (χ3v) is 5.56. The van der Waals surface area contributed by atoms with Crippen molar-refractivity contribution in [3.63, 3.8) is 0 Å². The summed E-state index contributed by atoms with van der Waals surface area (Å²) in [7, 11) is 1.86. The van der Waals surface area contributed by atoms with Crippen LogP contribution >= 0.6 is 11.3 Å². The number of aliphatic imine (C=N–C) groups is 1. The van der Waals surface area contributed by atoms with E-state index in [9.17, 15) is 0 Å². The summed E-state index contributed by atoms with van der Waals surface area (Å²) in [6.45, 7) is 9.59. The number of nitrogens with one attached hydrogen (secondary N) is 1. The third-order valence-electron chi connectivity index (χ3n) is 4.63. The van der Waals surface area contributed by atoms with Gasteiger partial charge in [0.05, 0.1) is 17.7 Å². The number of hydrogen-bond acceptors (Lipinski definition) is 4. The Morgan fingerprint density at radius 2 is 1.93 bits per heavy atom. The van der Waals surface area contributed by atoms with Gasteiger partial charge in [-0.05, 0) is 42.5 Å². The SMILES string of the molecule is CN=C(NCc1cccc(COC(C)C)c1)N1CCN(c2cccs2)CC1. The minimum absolute atomic E-state index is 0.249. The zero-order valence-corrected chi connectivity index (χ0v) is 17.3. The number of ether oxygens (including phenoxy) is 1. The summed E-state index contributed by atoms with van der Waals surface area (Å²) in [5, 5.41) is 7.02. The lowest BCUT2D eigenvalue weighted by Gasteiger charge is -2.37. The van der Waals surface area contributed by atoms with E-state index in [-0.39, 0.29) is 6.10 Å². The predicted octanol–water partition coefficient (Wildman–Crippen LogP) is 3.57. The fourth-order valence-electron chi connectivity index (χ4n) is 3.19. The normalized spacial score (nSPS) is 15.5.